The highest BCUT2D eigenvalue weighted by Gasteiger charge is 2.29. The number of rotatable bonds is 4. The summed E-state index contributed by atoms with van der Waals surface area (Å²) in [6.07, 6.45) is 2.66. The number of aromatic carboxylic acids is 1. The summed E-state index contributed by atoms with van der Waals surface area (Å²) in [6, 6.07) is 5.01. The molecule has 1 aliphatic rings. The molecule has 0 radical (unpaired) electrons. The van der Waals surface area contributed by atoms with Crippen molar-refractivity contribution in [2.45, 2.75) is 31.6 Å². The Kier molecular flexibility index (Phi) is 4.13. The van der Waals surface area contributed by atoms with E-state index in [2.05, 4.69) is 6.58 Å². The summed E-state index contributed by atoms with van der Waals surface area (Å²) in [5.41, 5.74) is 1.65. The number of carbonyl (C=O) groups excluding carboxylic acids is 2. The molecule has 4 heteroatoms. The van der Waals surface area contributed by atoms with E-state index < -0.39 is 5.97 Å². The molecule has 1 saturated carbocycles. The first-order chi connectivity index (χ1) is 9.52. The Labute approximate surface area is 117 Å². The fourth-order valence-corrected chi connectivity index (χ4v) is 2.77. The third-order valence-corrected chi connectivity index (χ3v) is 3.57. The first-order valence-corrected chi connectivity index (χ1v) is 6.52. The van der Waals surface area contributed by atoms with Gasteiger partial charge in [0, 0.05) is 12.8 Å². The van der Waals surface area contributed by atoms with Crippen LogP contribution in [0.5, 0.6) is 0 Å². The van der Waals surface area contributed by atoms with Gasteiger partial charge in [-0.05, 0) is 29.5 Å². The van der Waals surface area contributed by atoms with Crippen molar-refractivity contribution in [3.8, 4) is 0 Å². The highest BCUT2D eigenvalue weighted by molar-refractivity contribution is 6.02. The predicted molar refractivity (Wildman–Crippen MR) is 73.9 cm³/mol. The maximum atomic E-state index is 11.6. The molecule has 1 aromatic rings. The highest BCUT2D eigenvalue weighted by atomic mass is 16.4. The third kappa shape index (κ3) is 2.85. The van der Waals surface area contributed by atoms with Gasteiger partial charge in [0.1, 0.15) is 11.6 Å². The number of carboxylic acid groups (broad SMARTS) is 1. The number of carbonyl (C=O) groups is 3. The molecule has 0 atom stereocenters. The molecule has 104 valence electrons. The van der Waals surface area contributed by atoms with E-state index in [0.717, 1.165) is 5.56 Å². The van der Waals surface area contributed by atoms with Gasteiger partial charge in [0.05, 0.1) is 12.0 Å². The van der Waals surface area contributed by atoms with E-state index in [1.165, 1.54) is 6.07 Å². The normalized spacial score (nSPS) is 16.2. The number of hydrogen-bond donors (Lipinski definition) is 1. The maximum Gasteiger partial charge on any atom is 0.335 e. The molecule has 0 bridgehead atoms. The fraction of sp³-hybridized carbons (Fsp3) is 0.312. The molecule has 0 spiro atoms. The van der Waals surface area contributed by atoms with Crippen molar-refractivity contribution in [1.82, 2.24) is 0 Å². The lowest BCUT2D eigenvalue weighted by Crippen LogP contribution is -2.22. The van der Waals surface area contributed by atoms with Crippen LogP contribution < -0.4 is 0 Å². The second-order valence-electron chi connectivity index (χ2n) is 5.03. The van der Waals surface area contributed by atoms with E-state index in [0.29, 0.717) is 24.8 Å². The monoisotopic (exact) mass is 272 g/mol. The van der Waals surface area contributed by atoms with Gasteiger partial charge < -0.3 is 5.11 Å². The van der Waals surface area contributed by atoms with Gasteiger partial charge in [-0.1, -0.05) is 18.2 Å². The van der Waals surface area contributed by atoms with Crippen LogP contribution in [0, 0.1) is 0 Å². The van der Waals surface area contributed by atoms with Crippen LogP contribution in [0.3, 0.4) is 0 Å². The van der Waals surface area contributed by atoms with Crippen molar-refractivity contribution < 1.29 is 19.5 Å². The minimum Gasteiger partial charge on any atom is -0.478 e. The summed E-state index contributed by atoms with van der Waals surface area (Å²) in [7, 11) is 0. The lowest BCUT2D eigenvalue weighted by molar-refractivity contribution is -0.130. The van der Waals surface area contributed by atoms with Crippen LogP contribution in [-0.2, 0) is 16.0 Å². The van der Waals surface area contributed by atoms with E-state index in [9.17, 15) is 19.5 Å². The van der Waals surface area contributed by atoms with Crippen molar-refractivity contribution in [2.24, 2.45) is 0 Å². The SMILES string of the molecule is C=CCc1c(C(=O)O)cccc1C1CC(=O)CC(=O)C1. The standard InChI is InChI=1S/C16H16O4/c1-2-4-14-13(5-3-6-15(14)16(19)20)10-7-11(17)9-12(18)8-10/h2-3,5-6,10H,1,4,7-9H2,(H,19,20). The molecule has 1 aromatic carbocycles. The Balaban J connectivity index is 2.47. The Morgan fingerprint density at radius 3 is 2.50 bits per heavy atom. The van der Waals surface area contributed by atoms with Crippen molar-refractivity contribution >= 4 is 17.5 Å². The Morgan fingerprint density at radius 1 is 1.30 bits per heavy atom. The molecule has 1 N–H and O–H groups in total. The zero-order valence-corrected chi connectivity index (χ0v) is 11.1. The van der Waals surface area contributed by atoms with Gasteiger partial charge in [-0.25, -0.2) is 4.79 Å². The number of allylic oxidation sites excluding steroid dienone is 1. The van der Waals surface area contributed by atoms with Gasteiger partial charge in [0.15, 0.2) is 0 Å². The zero-order chi connectivity index (χ0) is 14.7. The Bertz CT molecular complexity index is 570. The minimum atomic E-state index is -1.00. The molecule has 0 heterocycles. The van der Waals surface area contributed by atoms with Crippen molar-refractivity contribution in [1.29, 1.82) is 0 Å². The summed E-state index contributed by atoms with van der Waals surface area (Å²) in [6.45, 7) is 3.65. The smallest absolute Gasteiger partial charge is 0.335 e. The molecule has 0 amide bonds. The topological polar surface area (TPSA) is 71.4 Å². The van der Waals surface area contributed by atoms with Gasteiger partial charge in [0.25, 0.3) is 0 Å². The number of Topliss-reactive ketones (excluding diaryl/α,β-unsaturated/α-hetero) is 2. The van der Waals surface area contributed by atoms with Crippen LogP contribution in [-0.4, -0.2) is 22.6 Å². The van der Waals surface area contributed by atoms with Crippen LogP contribution in [0.1, 0.15) is 46.7 Å². The summed E-state index contributed by atoms with van der Waals surface area (Å²) < 4.78 is 0. The first kappa shape index (κ1) is 14.2. The molecule has 0 aromatic heterocycles. The lowest BCUT2D eigenvalue weighted by Gasteiger charge is -2.23. The van der Waals surface area contributed by atoms with Gasteiger partial charge in [0.2, 0.25) is 0 Å². The summed E-state index contributed by atoms with van der Waals surface area (Å²) >= 11 is 0. The number of ketones is 2. The van der Waals surface area contributed by atoms with Gasteiger partial charge >= 0.3 is 5.97 Å². The van der Waals surface area contributed by atoms with Gasteiger partial charge in [-0.15, -0.1) is 6.58 Å². The maximum absolute atomic E-state index is 11.6. The molecule has 1 aliphatic carbocycles. The van der Waals surface area contributed by atoms with Crippen LogP contribution in [0.15, 0.2) is 30.9 Å². The van der Waals surface area contributed by atoms with E-state index >= 15 is 0 Å². The third-order valence-electron chi connectivity index (χ3n) is 3.57. The minimum absolute atomic E-state index is 0.00587. The summed E-state index contributed by atoms with van der Waals surface area (Å²) in [4.78, 5) is 34.5. The summed E-state index contributed by atoms with van der Waals surface area (Å²) in [5.74, 6) is -1.36. The van der Waals surface area contributed by atoms with E-state index in [-0.39, 0.29) is 29.5 Å². The van der Waals surface area contributed by atoms with E-state index in [1.807, 2.05) is 6.07 Å². The number of carboxylic acids is 1. The summed E-state index contributed by atoms with van der Waals surface area (Å²) in [5, 5.41) is 9.25. The molecule has 0 unspecified atom stereocenters. The van der Waals surface area contributed by atoms with Gasteiger partial charge in [-0.2, -0.15) is 0 Å². The van der Waals surface area contributed by atoms with E-state index in [4.69, 9.17) is 0 Å². The molecule has 1 fully saturated rings. The first-order valence-electron chi connectivity index (χ1n) is 6.52. The second kappa shape index (κ2) is 5.82. The Hall–Kier alpha value is -2.23. The van der Waals surface area contributed by atoms with Crippen molar-refractivity contribution in [3.63, 3.8) is 0 Å². The van der Waals surface area contributed by atoms with Crippen molar-refractivity contribution in [2.75, 3.05) is 0 Å². The van der Waals surface area contributed by atoms with Crippen LogP contribution >= 0.6 is 0 Å². The quantitative estimate of drug-likeness (QED) is 0.675. The average molecular weight is 272 g/mol. The molecule has 4 nitrogen and oxygen atoms in total. The molecular formula is C16H16O4. The predicted octanol–water partition coefficient (Wildman–Crippen LogP) is 2.52. The molecule has 2 rings (SSSR count). The zero-order valence-electron chi connectivity index (χ0n) is 11.1. The number of benzene rings is 1. The molecule has 0 aliphatic heterocycles. The highest BCUT2D eigenvalue weighted by Crippen LogP contribution is 2.33. The second-order valence-corrected chi connectivity index (χ2v) is 5.03. The largest absolute Gasteiger partial charge is 0.478 e. The Morgan fingerprint density at radius 2 is 1.95 bits per heavy atom. The van der Waals surface area contributed by atoms with E-state index in [1.54, 1.807) is 12.1 Å². The molecule has 20 heavy (non-hydrogen) atoms. The van der Waals surface area contributed by atoms with Crippen molar-refractivity contribution in [3.05, 3.63) is 47.5 Å². The van der Waals surface area contributed by atoms with Crippen LogP contribution in [0.25, 0.3) is 0 Å². The number of hydrogen-bond acceptors (Lipinski definition) is 3. The van der Waals surface area contributed by atoms with Crippen LogP contribution in [0.4, 0.5) is 0 Å². The molecular weight excluding hydrogens is 256 g/mol. The van der Waals surface area contributed by atoms with Gasteiger partial charge in [-0.3, -0.25) is 9.59 Å². The fourth-order valence-electron chi connectivity index (χ4n) is 2.77. The molecule has 0 saturated heterocycles. The lowest BCUT2D eigenvalue weighted by atomic mass is 9.79. The average Bonchev–Trinajstić information content (AvgIpc) is 2.37. The van der Waals surface area contributed by atoms with Crippen LogP contribution in [0.2, 0.25) is 0 Å².